The molecule has 0 unspecified atom stereocenters. The van der Waals surface area contributed by atoms with Crippen LogP contribution in [0.15, 0.2) is 54.6 Å². The molecule has 124 valence electrons. The maximum absolute atomic E-state index is 9.69. The first-order valence-corrected chi connectivity index (χ1v) is 8.39. The van der Waals surface area contributed by atoms with Crippen molar-refractivity contribution in [3.05, 3.63) is 65.7 Å². The predicted octanol–water partition coefficient (Wildman–Crippen LogP) is 3.24. The molecule has 3 rings (SSSR count). The molecule has 0 spiro atoms. The predicted molar refractivity (Wildman–Crippen MR) is 95.9 cm³/mol. The number of ether oxygens (including phenoxy) is 1. The fraction of sp³-hybridized carbons (Fsp3) is 0.333. The van der Waals surface area contributed by atoms with Crippen LogP contribution in [-0.2, 0) is 0 Å². The van der Waals surface area contributed by atoms with Gasteiger partial charge in [-0.1, -0.05) is 42.2 Å². The van der Waals surface area contributed by atoms with Crippen LogP contribution in [0.3, 0.4) is 0 Å². The number of aliphatic hydroxyl groups excluding tert-OH is 1. The first-order valence-electron chi connectivity index (χ1n) is 8.39. The lowest BCUT2D eigenvalue weighted by atomic mass is 10.0. The monoisotopic (exact) mass is 321 g/mol. The fourth-order valence-corrected chi connectivity index (χ4v) is 3.21. The zero-order chi connectivity index (χ0) is 16.8. The second kappa shape index (κ2) is 8.01. The molecule has 1 aliphatic rings. The van der Waals surface area contributed by atoms with E-state index in [0.29, 0.717) is 0 Å². The summed E-state index contributed by atoms with van der Waals surface area (Å²) in [5, 5.41) is 9.69. The van der Waals surface area contributed by atoms with E-state index in [9.17, 15) is 5.11 Å². The maximum atomic E-state index is 9.69. The molecule has 2 aromatic carbocycles. The lowest BCUT2D eigenvalue weighted by molar-refractivity contribution is 0.140. The third-order valence-electron chi connectivity index (χ3n) is 4.52. The lowest BCUT2D eigenvalue weighted by Crippen LogP contribution is -2.35. The molecule has 1 heterocycles. The molecule has 1 N–H and O–H groups in total. The molecule has 3 heteroatoms. The smallest absolute Gasteiger partial charge is 0.118 e. The van der Waals surface area contributed by atoms with Gasteiger partial charge in [-0.2, -0.15) is 0 Å². The van der Waals surface area contributed by atoms with Gasteiger partial charge in [0, 0.05) is 18.2 Å². The van der Waals surface area contributed by atoms with Gasteiger partial charge in [0.2, 0.25) is 0 Å². The molecule has 0 saturated carbocycles. The van der Waals surface area contributed by atoms with Crippen LogP contribution in [0.25, 0.3) is 0 Å². The minimum atomic E-state index is -0.0178. The van der Waals surface area contributed by atoms with E-state index in [0.717, 1.165) is 36.3 Å². The van der Waals surface area contributed by atoms with Crippen LogP contribution in [0.4, 0.5) is 0 Å². The van der Waals surface area contributed by atoms with Gasteiger partial charge in [-0.05, 0) is 42.7 Å². The van der Waals surface area contributed by atoms with Gasteiger partial charge in [0.15, 0.2) is 0 Å². The highest BCUT2D eigenvalue weighted by Crippen LogP contribution is 2.30. The molecule has 3 nitrogen and oxygen atoms in total. The standard InChI is InChI=1S/C21H23NO2/c1-24-20-12-10-18(11-13-20)21(22-15-5-8-19(22)16-23)14-9-17-6-3-2-4-7-17/h2-4,6-7,10-13,19,21,23H,5,8,15-16H2,1H3/t19-,21+/m0/s1. The third-order valence-corrected chi connectivity index (χ3v) is 4.52. The van der Waals surface area contributed by atoms with Gasteiger partial charge in [-0.25, -0.2) is 0 Å². The van der Waals surface area contributed by atoms with Crippen LogP contribution < -0.4 is 4.74 Å². The van der Waals surface area contributed by atoms with E-state index < -0.39 is 0 Å². The van der Waals surface area contributed by atoms with E-state index in [1.807, 2.05) is 42.5 Å². The van der Waals surface area contributed by atoms with Gasteiger partial charge >= 0.3 is 0 Å². The van der Waals surface area contributed by atoms with Crippen molar-refractivity contribution < 1.29 is 9.84 Å². The van der Waals surface area contributed by atoms with E-state index >= 15 is 0 Å². The van der Waals surface area contributed by atoms with Crippen LogP contribution in [0, 0.1) is 11.8 Å². The van der Waals surface area contributed by atoms with E-state index in [1.54, 1.807) is 7.11 Å². The molecule has 1 saturated heterocycles. The summed E-state index contributed by atoms with van der Waals surface area (Å²) in [6.45, 7) is 1.14. The number of hydrogen-bond donors (Lipinski definition) is 1. The Balaban J connectivity index is 1.92. The van der Waals surface area contributed by atoms with Crippen molar-refractivity contribution in [3.63, 3.8) is 0 Å². The summed E-state index contributed by atoms with van der Waals surface area (Å²) in [5.74, 6) is 7.55. The van der Waals surface area contributed by atoms with Gasteiger partial charge in [-0.15, -0.1) is 0 Å². The Morgan fingerprint density at radius 1 is 1.17 bits per heavy atom. The zero-order valence-electron chi connectivity index (χ0n) is 14.0. The highest BCUT2D eigenvalue weighted by Gasteiger charge is 2.30. The van der Waals surface area contributed by atoms with E-state index in [1.165, 1.54) is 0 Å². The lowest BCUT2D eigenvalue weighted by Gasteiger charge is -2.29. The van der Waals surface area contributed by atoms with Crippen molar-refractivity contribution >= 4 is 0 Å². The molecule has 0 radical (unpaired) electrons. The SMILES string of the molecule is COc1ccc([C@@H](C#Cc2ccccc2)N2CCC[C@H]2CO)cc1. The van der Waals surface area contributed by atoms with Crippen molar-refractivity contribution in [2.24, 2.45) is 0 Å². The van der Waals surface area contributed by atoms with Crippen molar-refractivity contribution in [3.8, 4) is 17.6 Å². The zero-order valence-corrected chi connectivity index (χ0v) is 14.0. The highest BCUT2D eigenvalue weighted by atomic mass is 16.5. The normalized spacial score (nSPS) is 18.7. The Morgan fingerprint density at radius 3 is 2.58 bits per heavy atom. The van der Waals surface area contributed by atoms with Crippen LogP contribution >= 0.6 is 0 Å². The summed E-state index contributed by atoms with van der Waals surface area (Å²) in [7, 11) is 1.67. The molecule has 2 atom stereocenters. The van der Waals surface area contributed by atoms with Crippen LogP contribution in [-0.4, -0.2) is 36.3 Å². The second-order valence-corrected chi connectivity index (χ2v) is 6.03. The largest absolute Gasteiger partial charge is 0.497 e. The quantitative estimate of drug-likeness (QED) is 0.878. The number of aliphatic hydroxyl groups is 1. The average Bonchev–Trinajstić information content (AvgIpc) is 3.12. The van der Waals surface area contributed by atoms with Gasteiger partial charge in [0.25, 0.3) is 0 Å². The molecule has 1 aliphatic heterocycles. The fourth-order valence-electron chi connectivity index (χ4n) is 3.21. The second-order valence-electron chi connectivity index (χ2n) is 6.03. The van der Waals surface area contributed by atoms with E-state index in [-0.39, 0.29) is 18.7 Å². The summed E-state index contributed by atoms with van der Waals surface area (Å²) in [6.07, 6.45) is 2.13. The summed E-state index contributed by atoms with van der Waals surface area (Å²) in [6, 6.07) is 18.3. The Hall–Kier alpha value is -2.28. The minimum Gasteiger partial charge on any atom is -0.497 e. The van der Waals surface area contributed by atoms with Gasteiger partial charge in [0.05, 0.1) is 19.8 Å². The highest BCUT2D eigenvalue weighted by molar-refractivity contribution is 5.39. The third kappa shape index (κ3) is 3.79. The Morgan fingerprint density at radius 2 is 1.92 bits per heavy atom. The Bertz CT molecular complexity index is 700. The average molecular weight is 321 g/mol. The number of rotatable bonds is 4. The summed E-state index contributed by atoms with van der Waals surface area (Å²) < 4.78 is 5.26. The van der Waals surface area contributed by atoms with Crippen LogP contribution in [0.5, 0.6) is 5.75 Å². The van der Waals surface area contributed by atoms with Crippen LogP contribution in [0.2, 0.25) is 0 Å². The first-order chi connectivity index (χ1) is 11.8. The number of benzene rings is 2. The minimum absolute atomic E-state index is 0.0178. The van der Waals surface area contributed by atoms with E-state index in [2.05, 4.69) is 28.9 Å². The van der Waals surface area contributed by atoms with Crippen molar-refractivity contribution in [1.82, 2.24) is 4.90 Å². The van der Waals surface area contributed by atoms with Gasteiger partial charge < -0.3 is 9.84 Å². The van der Waals surface area contributed by atoms with Crippen molar-refractivity contribution in [2.75, 3.05) is 20.3 Å². The molecule has 2 aromatic rings. The van der Waals surface area contributed by atoms with Crippen molar-refractivity contribution in [2.45, 2.75) is 24.9 Å². The van der Waals surface area contributed by atoms with Crippen LogP contribution in [0.1, 0.15) is 30.0 Å². The van der Waals surface area contributed by atoms with E-state index in [4.69, 9.17) is 4.74 Å². The number of likely N-dealkylation sites (tertiary alicyclic amines) is 1. The summed E-state index contributed by atoms with van der Waals surface area (Å²) >= 11 is 0. The number of hydrogen-bond acceptors (Lipinski definition) is 3. The molecular formula is C21H23NO2. The Kier molecular flexibility index (Phi) is 5.53. The Labute approximate surface area is 143 Å². The molecule has 24 heavy (non-hydrogen) atoms. The van der Waals surface area contributed by atoms with Gasteiger partial charge in [-0.3, -0.25) is 4.90 Å². The van der Waals surface area contributed by atoms with Gasteiger partial charge in [0.1, 0.15) is 5.75 Å². The number of nitrogens with zero attached hydrogens (tertiary/aromatic N) is 1. The molecule has 0 aromatic heterocycles. The molecular weight excluding hydrogens is 298 g/mol. The van der Waals surface area contributed by atoms with Crippen molar-refractivity contribution in [1.29, 1.82) is 0 Å². The number of methoxy groups -OCH3 is 1. The summed E-state index contributed by atoms with van der Waals surface area (Å²) in [5.41, 5.74) is 2.15. The molecule has 0 bridgehead atoms. The molecule has 1 fully saturated rings. The molecule has 0 amide bonds. The summed E-state index contributed by atoms with van der Waals surface area (Å²) in [4.78, 5) is 2.32. The topological polar surface area (TPSA) is 32.7 Å². The molecule has 0 aliphatic carbocycles. The first kappa shape index (κ1) is 16.6. The maximum Gasteiger partial charge on any atom is 0.118 e.